The first-order valence-corrected chi connectivity index (χ1v) is 6.43. The Bertz CT molecular complexity index is 378. The van der Waals surface area contributed by atoms with Crippen molar-refractivity contribution < 1.29 is 9.50 Å². The van der Waals surface area contributed by atoms with Gasteiger partial charge in [0.1, 0.15) is 5.82 Å². The minimum atomic E-state index is -0.827. The molecule has 0 saturated carbocycles. The van der Waals surface area contributed by atoms with E-state index in [0.717, 1.165) is 32.2 Å². The van der Waals surface area contributed by atoms with E-state index in [1.165, 1.54) is 6.07 Å². The number of halogens is 2. The third-order valence-electron chi connectivity index (χ3n) is 3.28. The predicted octanol–water partition coefficient (Wildman–Crippen LogP) is 3.04. The van der Waals surface area contributed by atoms with Gasteiger partial charge in [-0.3, -0.25) is 0 Å². The van der Waals surface area contributed by atoms with Gasteiger partial charge in [0.05, 0.1) is 11.1 Å². The predicted molar refractivity (Wildman–Crippen MR) is 66.6 cm³/mol. The van der Waals surface area contributed by atoms with Crippen LogP contribution >= 0.6 is 11.6 Å². The van der Waals surface area contributed by atoms with Crippen molar-refractivity contribution in [3.05, 3.63) is 34.6 Å². The molecule has 0 amide bonds. The van der Waals surface area contributed by atoms with E-state index in [0.29, 0.717) is 0 Å². The highest BCUT2D eigenvalue weighted by Crippen LogP contribution is 2.28. The van der Waals surface area contributed by atoms with Crippen molar-refractivity contribution in [1.29, 1.82) is 0 Å². The Balaban J connectivity index is 2.17. The summed E-state index contributed by atoms with van der Waals surface area (Å²) >= 11 is 5.72. The summed E-state index contributed by atoms with van der Waals surface area (Å²) in [6, 6.07) is 4.68. The number of aliphatic hydroxyl groups excluding tert-OH is 1. The van der Waals surface area contributed by atoms with Gasteiger partial charge in [0.2, 0.25) is 0 Å². The van der Waals surface area contributed by atoms with Gasteiger partial charge in [-0.1, -0.05) is 36.6 Å². The molecule has 2 unspecified atom stereocenters. The first kappa shape index (κ1) is 12.8. The number of rotatable bonds is 2. The molecule has 2 N–H and O–H groups in total. The quantitative estimate of drug-likeness (QED) is 0.854. The molecule has 2 rings (SSSR count). The average molecular weight is 258 g/mol. The second-order valence-corrected chi connectivity index (χ2v) is 4.91. The molecule has 0 aliphatic carbocycles. The first-order chi connectivity index (χ1) is 8.20. The molecule has 2 nitrogen and oxygen atoms in total. The molecular formula is C13H17ClFNO. The standard InChI is InChI=1S/C13H17ClFNO/c14-10-6-4-5-9(12(10)15)13(17)11-7-2-1-3-8-16-11/h4-6,11,13,16-17H,1-3,7-8H2. The zero-order valence-electron chi connectivity index (χ0n) is 9.63. The van der Waals surface area contributed by atoms with Gasteiger partial charge in [-0.2, -0.15) is 0 Å². The van der Waals surface area contributed by atoms with Crippen molar-refractivity contribution in [1.82, 2.24) is 5.32 Å². The number of benzene rings is 1. The summed E-state index contributed by atoms with van der Waals surface area (Å²) in [4.78, 5) is 0. The minimum absolute atomic E-state index is 0.0650. The Morgan fingerprint density at radius 1 is 1.35 bits per heavy atom. The molecule has 1 aromatic rings. The summed E-state index contributed by atoms with van der Waals surface area (Å²) in [5.41, 5.74) is 0.289. The Kier molecular flexibility index (Phi) is 4.37. The average Bonchev–Trinajstić information content (AvgIpc) is 2.60. The maximum atomic E-state index is 13.8. The van der Waals surface area contributed by atoms with E-state index in [9.17, 15) is 9.50 Å². The molecule has 17 heavy (non-hydrogen) atoms. The second-order valence-electron chi connectivity index (χ2n) is 4.50. The molecule has 0 bridgehead atoms. The van der Waals surface area contributed by atoms with Gasteiger partial charge < -0.3 is 10.4 Å². The number of nitrogens with one attached hydrogen (secondary N) is 1. The molecular weight excluding hydrogens is 241 g/mol. The summed E-state index contributed by atoms with van der Waals surface area (Å²) in [6.45, 7) is 0.879. The molecule has 1 aliphatic rings. The van der Waals surface area contributed by atoms with Gasteiger partial charge in [0, 0.05) is 11.6 Å². The number of hydrogen-bond donors (Lipinski definition) is 2. The highest BCUT2D eigenvalue weighted by Gasteiger charge is 2.24. The molecule has 1 saturated heterocycles. The van der Waals surface area contributed by atoms with Gasteiger partial charge in [-0.15, -0.1) is 0 Å². The Hall–Kier alpha value is -0.640. The van der Waals surface area contributed by atoms with Crippen LogP contribution in [-0.4, -0.2) is 17.7 Å². The van der Waals surface area contributed by atoms with Crippen molar-refractivity contribution >= 4 is 11.6 Å². The van der Waals surface area contributed by atoms with Gasteiger partial charge >= 0.3 is 0 Å². The van der Waals surface area contributed by atoms with E-state index in [1.54, 1.807) is 12.1 Å². The van der Waals surface area contributed by atoms with Crippen molar-refractivity contribution in [3.63, 3.8) is 0 Å². The van der Waals surface area contributed by atoms with E-state index in [1.807, 2.05) is 0 Å². The van der Waals surface area contributed by atoms with Crippen LogP contribution < -0.4 is 5.32 Å². The van der Waals surface area contributed by atoms with Gasteiger partial charge in [-0.25, -0.2) is 4.39 Å². The minimum Gasteiger partial charge on any atom is -0.387 e. The van der Waals surface area contributed by atoms with Crippen molar-refractivity contribution in [2.24, 2.45) is 0 Å². The van der Waals surface area contributed by atoms with Crippen LogP contribution in [0.15, 0.2) is 18.2 Å². The van der Waals surface area contributed by atoms with E-state index < -0.39 is 11.9 Å². The highest BCUT2D eigenvalue weighted by molar-refractivity contribution is 6.30. The van der Waals surface area contributed by atoms with Crippen LogP contribution in [-0.2, 0) is 0 Å². The molecule has 2 atom stereocenters. The Labute approximate surface area is 106 Å². The monoisotopic (exact) mass is 257 g/mol. The molecule has 1 aromatic carbocycles. The smallest absolute Gasteiger partial charge is 0.147 e. The molecule has 0 radical (unpaired) electrons. The van der Waals surface area contributed by atoms with Gasteiger partial charge in [-0.05, 0) is 25.5 Å². The van der Waals surface area contributed by atoms with E-state index in [-0.39, 0.29) is 16.6 Å². The van der Waals surface area contributed by atoms with E-state index in [4.69, 9.17) is 11.6 Å². The lowest BCUT2D eigenvalue weighted by atomic mass is 9.98. The van der Waals surface area contributed by atoms with Crippen LogP contribution in [0, 0.1) is 5.82 Å². The van der Waals surface area contributed by atoms with E-state index >= 15 is 0 Å². The van der Waals surface area contributed by atoms with Crippen LogP contribution in [0.4, 0.5) is 4.39 Å². The highest BCUT2D eigenvalue weighted by atomic mass is 35.5. The van der Waals surface area contributed by atoms with Crippen LogP contribution in [0.25, 0.3) is 0 Å². The molecule has 0 spiro atoms. The van der Waals surface area contributed by atoms with Crippen LogP contribution in [0.5, 0.6) is 0 Å². The molecule has 1 fully saturated rings. The van der Waals surface area contributed by atoms with Crippen LogP contribution in [0.2, 0.25) is 5.02 Å². The summed E-state index contributed by atoms with van der Waals surface area (Å²) in [5.74, 6) is -0.507. The lowest BCUT2D eigenvalue weighted by Crippen LogP contribution is -2.34. The third kappa shape index (κ3) is 2.97. The van der Waals surface area contributed by atoms with Gasteiger partial charge in [0.15, 0.2) is 0 Å². The lowest BCUT2D eigenvalue weighted by Gasteiger charge is -2.23. The molecule has 4 heteroatoms. The molecule has 1 heterocycles. The van der Waals surface area contributed by atoms with Gasteiger partial charge in [0.25, 0.3) is 0 Å². The normalized spacial score (nSPS) is 23.1. The lowest BCUT2D eigenvalue weighted by molar-refractivity contribution is 0.122. The Morgan fingerprint density at radius 2 is 2.18 bits per heavy atom. The maximum Gasteiger partial charge on any atom is 0.147 e. The maximum absolute atomic E-state index is 13.8. The van der Waals surface area contributed by atoms with Crippen molar-refractivity contribution in [3.8, 4) is 0 Å². The fourth-order valence-corrected chi connectivity index (χ4v) is 2.47. The zero-order valence-corrected chi connectivity index (χ0v) is 10.4. The summed E-state index contributed by atoms with van der Waals surface area (Å²) < 4.78 is 13.8. The summed E-state index contributed by atoms with van der Waals surface area (Å²) in [5, 5.41) is 13.5. The fraction of sp³-hybridized carbons (Fsp3) is 0.538. The summed E-state index contributed by atoms with van der Waals surface area (Å²) in [6.07, 6.45) is 3.38. The van der Waals surface area contributed by atoms with E-state index in [2.05, 4.69) is 5.32 Å². The number of aliphatic hydroxyl groups is 1. The van der Waals surface area contributed by atoms with Crippen molar-refractivity contribution in [2.75, 3.05) is 6.54 Å². The third-order valence-corrected chi connectivity index (χ3v) is 3.57. The Morgan fingerprint density at radius 3 is 3.00 bits per heavy atom. The van der Waals surface area contributed by atoms with Crippen molar-refractivity contribution in [2.45, 2.75) is 37.8 Å². The fourth-order valence-electron chi connectivity index (χ4n) is 2.29. The zero-order chi connectivity index (χ0) is 12.3. The molecule has 0 aromatic heterocycles. The first-order valence-electron chi connectivity index (χ1n) is 6.05. The second kappa shape index (κ2) is 5.80. The topological polar surface area (TPSA) is 32.3 Å². The number of hydrogen-bond acceptors (Lipinski definition) is 2. The SMILES string of the molecule is OC(c1cccc(Cl)c1F)C1CCCCCN1. The largest absolute Gasteiger partial charge is 0.387 e. The van der Waals surface area contributed by atoms with Crippen LogP contribution in [0.3, 0.4) is 0 Å². The van der Waals surface area contributed by atoms with Crippen LogP contribution in [0.1, 0.15) is 37.4 Å². The molecule has 94 valence electrons. The summed E-state index contributed by atoms with van der Waals surface area (Å²) in [7, 11) is 0. The molecule has 1 aliphatic heterocycles.